The number of benzene rings is 1. The summed E-state index contributed by atoms with van der Waals surface area (Å²) in [6.07, 6.45) is 2.76. The van der Waals surface area contributed by atoms with Crippen molar-refractivity contribution in [1.82, 2.24) is 5.43 Å². The predicted octanol–water partition coefficient (Wildman–Crippen LogP) is 2.41. The van der Waals surface area contributed by atoms with Gasteiger partial charge in [-0.3, -0.25) is 4.79 Å². The molecule has 1 aromatic carbocycles. The highest BCUT2D eigenvalue weighted by Crippen LogP contribution is 2.34. The lowest BCUT2D eigenvalue weighted by Gasteiger charge is -2.05. The lowest BCUT2D eigenvalue weighted by molar-refractivity contribution is 0.0927. The minimum absolute atomic E-state index is 0.128. The maximum absolute atomic E-state index is 11.5. The van der Waals surface area contributed by atoms with E-state index in [9.17, 15) is 9.90 Å². The van der Waals surface area contributed by atoms with Gasteiger partial charge in [-0.1, -0.05) is 11.6 Å². The molecule has 0 aliphatic carbocycles. The summed E-state index contributed by atoms with van der Waals surface area (Å²) in [4.78, 5) is 11.5. The number of amides is 1. The molecule has 7 heteroatoms. The van der Waals surface area contributed by atoms with Crippen molar-refractivity contribution in [2.75, 3.05) is 7.11 Å². The maximum atomic E-state index is 11.5. The van der Waals surface area contributed by atoms with Crippen molar-refractivity contribution in [3.8, 4) is 11.5 Å². The van der Waals surface area contributed by atoms with E-state index in [1.165, 1.54) is 37.8 Å². The zero-order valence-corrected chi connectivity index (χ0v) is 11.2. The van der Waals surface area contributed by atoms with Crippen molar-refractivity contribution < 1.29 is 19.1 Å². The summed E-state index contributed by atoms with van der Waals surface area (Å²) in [6, 6.07) is 6.14. The monoisotopic (exact) mass is 294 g/mol. The number of nitrogens with zero attached hydrogens (tertiary/aromatic N) is 1. The number of halogens is 1. The van der Waals surface area contributed by atoms with Crippen LogP contribution >= 0.6 is 11.6 Å². The van der Waals surface area contributed by atoms with Gasteiger partial charge in [-0.25, -0.2) is 5.43 Å². The highest BCUT2D eigenvalue weighted by atomic mass is 35.5. The van der Waals surface area contributed by atoms with Crippen LogP contribution in [0.3, 0.4) is 0 Å². The first-order valence-corrected chi connectivity index (χ1v) is 5.93. The molecule has 2 aromatic rings. The molecule has 0 saturated carbocycles. The Kier molecular flexibility index (Phi) is 4.27. The van der Waals surface area contributed by atoms with Gasteiger partial charge >= 0.3 is 5.91 Å². The number of carbonyl (C=O) groups is 1. The predicted molar refractivity (Wildman–Crippen MR) is 73.4 cm³/mol. The quantitative estimate of drug-likeness (QED) is 0.670. The fourth-order valence-electron chi connectivity index (χ4n) is 1.45. The average molecular weight is 295 g/mol. The first kappa shape index (κ1) is 14.0. The number of hydrogen-bond donors (Lipinski definition) is 2. The molecule has 6 nitrogen and oxygen atoms in total. The van der Waals surface area contributed by atoms with E-state index < -0.39 is 5.91 Å². The molecule has 0 atom stereocenters. The molecular weight excluding hydrogens is 284 g/mol. The minimum atomic E-state index is -0.469. The van der Waals surface area contributed by atoms with E-state index in [0.717, 1.165) is 0 Å². The van der Waals surface area contributed by atoms with Crippen LogP contribution < -0.4 is 10.2 Å². The largest absolute Gasteiger partial charge is 0.503 e. The third kappa shape index (κ3) is 3.10. The zero-order chi connectivity index (χ0) is 14.5. The van der Waals surface area contributed by atoms with Crippen molar-refractivity contribution in [1.29, 1.82) is 0 Å². The Balaban J connectivity index is 2.08. The number of rotatable bonds is 4. The first-order valence-electron chi connectivity index (χ1n) is 5.55. The van der Waals surface area contributed by atoms with Gasteiger partial charge < -0.3 is 14.3 Å². The van der Waals surface area contributed by atoms with Crippen molar-refractivity contribution in [2.24, 2.45) is 5.10 Å². The van der Waals surface area contributed by atoms with Crippen LogP contribution in [0.5, 0.6) is 11.5 Å². The fourth-order valence-corrected chi connectivity index (χ4v) is 1.67. The number of hydrogen-bond acceptors (Lipinski definition) is 5. The summed E-state index contributed by atoms with van der Waals surface area (Å²) < 4.78 is 9.86. The molecule has 0 bridgehead atoms. The van der Waals surface area contributed by atoms with Crippen LogP contribution in [0.25, 0.3) is 0 Å². The van der Waals surface area contributed by atoms with Crippen molar-refractivity contribution >= 4 is 23.7 Å². The van der Waals surface area contributed by atoms with E-state index in [-0.39, 0.29) is 22.3 Å². The Morgan fingerprint density at radius 2 is 2.35 bits per heavy atom. The third-order valence-corrected chi connectivity index (χ3v) is 2.68. The number of ether oxygens (including phenoxy) is 1. The van der Waals surface area contributed by atoms with Crippen LogP contribution in [-0.2, 0) is 0 Å². The van der Waals surface area contributed by atoms with E-state index in [0.29, 0.717) is 5.56 Å². The Bertz CT molecular complexity index is 638. The Labute approximate surface area is 119 Å². The molecular formula is C13H11ClN2O4. The standard InChI is InChI=1S/C13H11ClN2O4/c1-19-11-6-8(5-9(14)12(11)17)7-15-16-13(18)10-3-2-4-20-10/h2-7,17H,1H3,(H,16,18)/b15-7+. The molecule has 0 aliphatic rings. The molecule has 0 radical (unpaired) electrons. The molecule has 2 N–H and O–H groups in total. The van der Waals surface area contributed by atoms with Gasteiger partial charge in [0.2, 0.25) is 0 Å². The van der Waals surface area contributed by atoms with Gasteiger partial charge in [-0.2, -0.15) is 5.10 Å². The number of nitrogens with one attached hydrogen (secondary N) is 1. The number of hydrazone groups is 1. The maximum Gasteiger partial charge on any atom is 0.307 e. The van der Waals surface area contributed by atoms with E-state index in [4.69, 9.17) is 20.8 Å². The number of phenols is 1. The van der Waals surface area contributed by atoms with Gasteiger partial charge in [-0.15, -0.1) is 0 Å². The van der Waals surface area contributed by atoms with Gasteiger partial charge in [0.15, 0.2) is 17.3 Å². The smallest absolute Gasteiger partial charge is 0.307 e. The number of phenolic OH excluding ortho intramolecular Hbond substituents is 1. The number of furan rings is 1. The molecule has 0 saturated heterocycles. The molecule has 0 aliphatic heterocycles. The summed E-state index contributed by atoms with van der Waals surface area (Å²) in [5.74, 6) is -0.242. The summed E-state index contributed by atoms with van der Waals surface area (Å²) in [7, 11) is 1.41. The van der Waals surface area contributed by atoms with E-state index in [1.807, 2.05) is 0 Å². The topological polar surface area (TPSA) is 84.1 Å². The lowest BCUT2D eigenvalue weighted by Crippen LogP contribution is -2.16. The highest BCUT2D eigenvalue weighted by molar-refractivity contribution is 6.32. The molecule has 0 unspecified atom stereocenters. The zero-order valence-electron chi connectivity index (χ0n) is 10.5. The lowest BCUT2D eigenvalue weighted by atomic mass is 10.2. The van der Waals surface area contributed by atoms with Crippen LogP contribution in [-0.4, -0.2) is 24.3 Å². The first-order chi connectivity index (χ1) is 9.61. The third-order valence-electron chi connectivity index (χ3n) is 2.40. The van der Waals surface area contributed by atoms with E-state index >= 15 is 0 Å². The molecule has 20 heavy (non-hydrogen) atoms. The summed E-state index contributed by atoms with van der Waals surface area (Å²) in [5, 5.41) is 13.5. The summed E-state index contributed by atoms with van der Waals surface area (Å²) >= 11 is 5.83. The Morgan fingerprint density at radius 1 is 1.55 bits per heavy atom. The average Bonchev–Trinajstić information content (AvgIpc) is 2.96. The highest BCUT2D eigenvalue weighted by Gasteiger charge is 2.08. The summed E-state index contributed by atoms with van der Waals surface area (Å²) in [6.45, 7) is 0. The van der Waals surface area contributed by atoms with Crippen LogP contribution in [0.4, 0.5) is 0 Å². The van der Waals surface area contributed by atoms with Gasteiger partial charge in [0.1, 0.15) is 0 Å². The normalized spacial score (nSPS) is 10.7. The minimum Gasteiger partial charge on any atom is -0.503 e. The number of carbonyl (C=O) groups excluding carboxylic acids is 1. The van der Waals surface area contributed by atoms with Crippen molar-refractivity contribution in [3.63, 3.8) is 0 Å². The second-order valence-corrected chi connectivity index (χ2v) is 4.14. The van der Waals surface area contributed by atoms with Gasteiger partial charge in [0.05, 0.1) is 24.6 Å². The van der Waals surface area contributed by atoms with E-state index in [1.54, 1.807) is 6.07 Å². The second-order valence-electron chi connectivity index (χ2n) is 3.73. The second kappa shape index (κ2) is 6.12. The molecule has 0 fully saturated rings. The fraction of sp³-hybridized carbons (Fsp3) is 0.0769. The van der Waals surface area contributed by atoms with Crippen molar-refractivity contribution in [3.05, 3.63) is 46.9 Å². The van der Waals surface area contributed by atoms with Crippen molar-refractivity contribution in [2.45, 2.75) is 0 Å². The number of aromatic hydroxyl groups is 1. The molecule has 2 rings (SSSR count). The van der Waals surface area contributed by atoms with Gasteiger partial charge in [0, 0.05) is 0 Å². The van der Waals surface area contributed by atoms with Crippen LogP contribution in [0, 0.1) is 0 Å². The molecule has 104 valence electrons. The molecule has 1 amide bonds. The molecule has 1 aromatic heterocycles. The van der Waals surface area contributed by atoms with Crippen LogP contribution in [0.15, 0.2) is 40.0 Å². The van der Waals surface area contributed by atoms with Crippen LogP contribution in [0.1, 0.15) is 16.1 Å². The SMILES string of the molecule is COc1cc(/C=N/NC(=O)c2ccco2)cc(Cl)c1O. The molecule has 1 heterocycles. The van der Waals surface area contributed by atoms with Crippen LogP contribution in [0.2, 0.25) is 5.02 Å². The van der Waals surface area contributed by atoms with Gasteiger partial charge in [0.25, 0.3) is 0 Å². The Morgan fingerprint density at radius 3 is 3.00 bits per heavy atom. The molecule has 0 spiro atoms. The van der Waals surface area contributed by atoms with Gasteiger partial charge in [-0.05, 0) is 29.8 Å². The number of methoxy groups -OCH3 is 1. The summed E-state index contributed by atoms with van der Waals surface area (Å²) in [5.41, 5.74) is 2.86. The van der Waals surface area contributed by atoms with E-state index in [2.05, 4.69) is 10.5 Å². The Hall–Kier alpha value is -2.47.